The molecule has 4 aromatic rings. The molecule has 1 amide bonds. The van der Waals surface area contributed by atoms with Gasteiger partial charge in [0, 0.05) is 43.9 Å². The van der Waals surface area contributed by atoms with Gasteiger partial charge in [-0.05, 0) is 66.9 Å². The molecule has 198 valence electrons. The number of nitrogens with zero attached hydrogens (tertiary/aromatic N) is 6. The van der Waals surface area contributed by atoms with E-state index in [0.717, 1.165) is 31.2 Å². The zero-order valence-electron chi connectivity index (χ0n) is 21.5. The largest absolute Gasteiger partial charge is 0.279 e. The van der Waals surface area contributed by atoms with Crippen LogP contribution >= 0.6 is 11.3 Å². The average molecular weight is 559 g/mol. The number of anilines is 1. The third kappa shape index (κ3) is 6.29. The number of hydrogen-bond donors (Lipinski definition) is 0. The molecule has 4 rings (SSSR count). The van der Waals surface area contributed by atoms with Crippen LogP contribution in [0.25, 0.3) is 10.2 Å². The topological polar surface area (TPSA) is 131 Å². The number of hydrogen-bond acceptors (Lipinski definition) is 8. The van der Waals surface area contributed by atoms with E-state index in [-0.39, 0.29) is 43.3 Å². The number of thiazole rings is 1. The van der Waals surface area contributed by atoms with E-state index >= 15 is 0 Å². The van der Waals surface area contributed by atoms with E-state index in [1.807, 2.05) is 38.1 Å². The second-order valence-corrected chi connectivity index (χ2v) is 11.9. The molecule has 0 aliphatic rings. The van der Waals surface area contributed by atoms with Crippen LogP contribution in [-0.4, -0.2) is 41.7 Å². The van der Waals surface area contributed by atoms with Gasteiger partial charge < -0.3 is 0 Å². The molecule has 11 heteroatoms. The number of benzene rings is 2. The predicted molar refractivity (Wildman–Crippen MR) is 150 cm³/mol. The van der Waals surface area contributed by atoms with Crippen LogP contribution in [0.5, 0.6) is 0 Å². The van der Waals surface area contributed by atoms with Gasteiger partial charge in [0.15, 0.2) is 5.13 Å². The minimum Gasteiger partial charge on any atom is -0.279 e. The van der Waals surface area contributed by atoms with Crippen LogP contribution in [-0.2, 0) is 16.6 Å². The smallest absolute Gasteiger partial charge is 0.260 e. The summed E-state index contributed by atoms with van der Waals surface area (Å²) in [6.07, 6.45) is 3.36. The fourth-order valence-corrected chi connectivity index (χ4v) is 6.73. The first-order valence-corrected chi connectivity index (χ1v) is 14.4. The van der Waals surface area contributed by atoms with Crippen LogP contribution in [0.2, 0.25) is 0 Å². The van der Waals surface area contributed by atoms with Gasteiger partial charge in [0.1, 0.15) is 0 Å². The molecule has 39 heavy (non-hydrogen) atoms. The third-order valence-corrected chi connectivity index (χ3v) is 8.98. The number of rotatable bonds is 10. The maximum atomic E-state index is 13.8. The number of sulfonamides is 1. The Morgan fingerprint density at radius 1 is 1.03 bits per heavy atom. The average Bonchev–Trinajstić information content (AvgIpc) is 3.36. The Hall–Kier alpha value is -4.16. The summed E-state index contributed by atoms with van der Waals surface area (Å²) in [5.74, 6) is -0.331. The van der Waals surface area contributed by atoms with Gasteiger partial charge in [0.25, 0.3) is 5.91 Å². The summed E-state index contributed by atoms with van der Waals surface area (Å²) in [5.41, 5.74) is 4.08. The first-order chi connectivity index (χ1) is 18.7. The van der Waals surface area contributed by atoms with Gasteiger partial charge in [-0.25, -0.2) is 13.4 Å². The molecule has 0 bridgehead atoms. The molecule has 9 nitrogen and oxygen atoms in total. The van der Waals surface area contributed by atoms with Gasteiger partial charge in [0.05, 0.1) is 33.8 Å². The van der Waals surface area contributed by atoms with Crippen molar-refractivity contribution in [3.63, 3.8) is 0 Å². The number of pyridine rings is 1. The summed E-state index contributed by atoms with van der Waals surface area (Å²) < 4.78 is 28.5. The van der Waals surface area contributed by atoms with Gasteiger partial charge in [-0.15, -0.1) is 0 Å². The molecule has 2 heterocycles. The standard InChI is InChI=1S/C28H26N6O3S2/c1-20-16-21(2)26-25(17-20)38-28(32-26)34(19-22-6-3-13-31-18-22)27(35)23-7-9-24(10-8-23)39(36,37)33(14-4-11-29)15-5-12-30/h3,6-10,13,16-18H,4-5,14-15,19H2,1-2H3. The van der Waals surface area contributed by atoms with Crippen molar-refractivity contribution in [1.29, 1.82) is 10.5 Å². The predicted octanol–water partition coefficient (Wildman–Crippen LogP) is 4.97. The van der Waals surface area contributed by atoms with E-state index in [1.54, 1.807) is 23.4 Å². The zero-order chi connectivity index (χ0) is 28.0. The molecule has 0 aliphatic heterocycles. The Balaban J connectivity index is 1.68. The molecular formula is C28H26N6O3S2. The molecule has 0 radical (unpaired) electrons. The second-order valence-electron chi connectivity index (χ2n) is 8.92. The van der Waals surface area contributed by atoms with Crippen molar-refractivity contribution in [2.75, 3.05) is 18.0 Å². The fraction of sp³-hybridized carbons (Fsp3) is 0.250. The third-order valence-electron chi connectivity index (χ3n) is 6.04. The number of nitriles is 2. The first-order valence-electron chi connectivity index (χ1n) is 12.2. The number of carbonyl (C=O) groups excluding carboxylic acids is 1. The maximum absolute atomic E-state index is 13.8. The highest BCUT2D eigenvalue weighted by atomic mass is 32.2. The normalized spacial score (nSPS) is 11.3. The molecule has 0 N–H and O–H groups in total. The molecule has 2 aromatic carbocycles. The Kier molecular flexibility index (Phi) is 8.67. The molecule has 2 aromatic heterocycles. The summed E-state index contributed by atoms with van der Waals surface area (Å²) in [5, 5.41) is 18.4. The van der Waals surface area contributed by atoms with E-state index in [1.165, 1.54) is 35.6 Å². The molecule has 0 aliphatic carbocycles. The summed E-state index contributed by atoms with van der Waals surface area (Å²) in [6, 6.07) is 17.3. The quantitative estimate of drug-likeness (QED) is 0.268. The number of carbonyl (C=O) groups is 1. The molecule has 0 spiro atoms. The zero-order valence-corrected chi connectivity index (χ0v) is 23.2. The number of fused-ring (bicyclic) bond motifs is 1. The van der Waals surface area contributed by atoms with Gasteiger partial charge in [-0.3, -0.25) is 14.7 Å². The highest BCUT2D eigenvalue weighted by molar-refractivity contribution is 7.89. The Labute approximate surface area is 231 Å². The Morgan fingerprint density at radius 2 is 1.72 bits per heavy atom. The Morgan fingerprint density at radius 3 is 2.33 bits per heavy atom. The van der Waals surface area contributed by atoms with E-state index in [4.69, 9.17) is 15.5 Å². The van der Waals surface area contributed by atoms with Crippen LogP contribution in [0.3, 0.4) is 0 Å². The van der Waals surface area contributed by atoms with Crippen molar-refractivity contribution in [2.45, 2.75) is 38.1 Å². The van der Waals surface area contributed by atoms with Crippen LogP contribution in [0.1, 0.15) is 39.9 Å². The number of aryl methyl sites for hydroxylation is 2. The molecule has 0 fully saturated rings. The van der Waals surface area contributed by atoms with E-state index in [0.29, 0.717) is 10.7 Å². The van der Waals surface area contributed by atoms with Crippen molar-refractivity contribution in [1.82, 2.24) is 14.3 Å². The fourth-order valence-electron chi connectivity index (χ4n) is 4.15. The van der Waals surface area contributed by atoms with Crippen LogP contribution < -0.4 is 4.90 Å². The van der Waals surface area contributed by atoms with Gasteiger partial charge >= 0.3 is 0 Å². The first kappa shape index (κ1) is 27.9. The molecule has 0 saturated heterocycles. The van der Waals surface area contributed by atoms with Crippen LogP contribution in [0.4, 0.5) is 5.13 Å². The van der Waals surface area contributed by atoms with Crippen LogP contribution in [0.15, 0.2) is 65.8 Å². The van der Waals surface area contributed by atoms with Crippen LogP contribution in [0, 0.1) is 36.5 Å². The maximum Gasteiger partial charge on any atom is 0.260 e. The lowest BCUT2D eigenvalue weighted by Gasteiger charge is -2.21. The summed E-state index contributed by atoms with van der Waals surface area (Å²) in [4.78, 5) is 24.3. The second kappa shape index (κ2) is 12.1. The van der Waals surface area contributed by atoms with Crippen molar-refractivity contribution in [3.05, 3.63) is 83.2 Å². The minimum absolute atomic E-state index is 0.00565. The Bertz CT molecular complexity index is 1650. The van der Waals surface area contributed by atoms with E-state index < -0.39 is 10.0 Å². The lowest BCUT2D eigenvalue weighted by molar-refractivity contribution is 0.0985. The van der Waals surface area contributed by atoms with Crippen molar-refractivity contribution in [2.24, 2.45) is 0 Å². The number of aromatic nitrogens is 2. The van der Waals surface area contributed by atoms with E-state index in [2.05, 4.69) is 11.1 Å². The van der Waals surface area contributed by atoms with Gasteiger partial charge in [-0.1, -0.05) is 23.5 Å². The monoisotopic (exact) mass is 558 g/mol. The molecule has 0 saturated carbocycles. The highest BCUT2D eigenvalue weighted by Gasteiger charge is 2.26. The molecule has 0 unspecified atom stereocenters. The van der Waals surface area contributed by atoms with Crippen molar-refractivity contribution in [3.8, 4) is 12.1 Å². The minimum atomic E-state index is -3.95. The summed E-state index contributed by atoms with van der Waals surface area (Å²) in [7, 11) is -3.95. The van der Waals surface area contributed by atoms with Crippen molar-refractivity contribution >= 4 is 42.6 Å². The molecular weight excluding hydrogens is 532 g/mol. The number of amides is 1. The molecule has 0 atom stereocenters. The van der Waals surface area contributed by atoms with Gasteiger partial charge in [0.2, 0.25) is 10.0 Å². The lowest BCUT2D eigenvalue weighted by Crippen LogP contribution is -2.33. The van der Waals surface area contributed by atoms with E-state index in [9.17, 15) is 13.2 Å². The van der Waals surface area contributed by atoms with Gasteiger partial charge in [-0.2, -0.15) is 14.8 Å². The highest BCUT2D eigenvalue weighted by Crippen LogP contribution is 2.33. The lowest BCUT2D eigenvalue weighted by atomic mass is 10.1. The summed E-state index contributed by atoms with van der Waals surface area (Å²) in [6.45, 7) is 4.21. The van der Waals surface area contributed by atoms with Crippen molar-refractivity contribution < 1.29 is 13.2 Å². The summed E-state index contributed by atoms with van der Waals surface area (Å²) >= 11 is 1.42. The SMILES string of the molecule is Cc1cc(C)c2nc(N(Cc3cccnc3)C(=O)c3ccc(S(=O)(=O)N(CCC#N)CCC#N)cc3)sc2c1.